The van der Waals surface area contributed by atoms with Gasteiger partial charge in [-0.05, 0) is 24.3 Å². The molecule has 0 saturated carbocycles. The normalized spacial score (nSPS) is 11.5. The standard InChI is InChI=1S/C14H9F6N/c15-10-3-1-8(12(17)6-10)7-21-13-5-9(14(18,19)20)2-4-11(13)16/h1-6,21H,7H2. The van der Waals surface area contributed by atoms with Crippen molar-refractivity contribution in [2.24, 2.45) is 0 Å². The van der Waals surface area contributed by atoms with Crippen molar-refractivity contribution in [3.63, 3.8) is 0 Å². The van der Waals surface area contributed by atoms with Crippen LogP contribution in [0.25, 0.3) is 0 Å². The van der Waals surface area contributed by atoms with E-state index >= 15 is 0 Å². The first-order chi connectivity index (χ1) is 9.77. The van der Waals surface area contributed by atoms with E-state index in [4.69, 9.17) is 0 Å². The second kappa shape index (κ2) is 5.67. The molecule has 0 bridgehead atoms. The number of hydrogen-bond acceptors (Lipinski definition) is 1. The van der Waals surface area contributed by atoms with Crippen molar-refractivity contribution in [1.82, 2.24) is 0 Å². The minimum Gasteiger partial charge on any atom is -0.378 e. The Labute approximate surface area is 116 Å². The quantitative estimate of drug-likeness (QED) is 0.808. The van der Waals surface area contributed by atoms with Crippen LogP contribution in [0.3, 0.4) is 0 Å². The fourth-order valence-corrected chi connectivity index (χ4v) is 1.69. The van der Waals surface area contributed by atoms with Crippen molar-refractivity contribution in [2.45, 2.75) is 12.7 Å². The van der Waals surface area contributed by atoms with Gasteiger partial charge in [-0.2, -0.15) is 13.2 Å². The number of hydrogen-bond donors (Lipinski definition) is 1. The third-order valence-corrected chi connectivity index (χ3v) is 2.78. The van der Waals surface area contributed by atoms with Crippen molar-refractivity contribution in [2.75, 3.05) is 5.32 Å². The van der Waals surface area contributed by atoms with Gasteiger partial charge in [0.1, 0.15) is 17.5 Å². The molecular weight excluding hydrogens is 296 g/mol. The third-order valence-electron chi connectivity index (χ3n) is 2.78. The van der Waals surface area contributed by atoms with Gasteiger partial charge in [-0.1, -0.05) is 6.07 Å². The highest BCUT2D eigenvalue weighted by molar-refractivity contribution is 5.48. The molecule has 0 aliphatic rings. The van der Waals surface area contributed by atoms with Crippen LogP contribution in [-0.4, -0.2) is 0 Å². The van der Waals surface area contributed by atoms with Gasteiger partial charge in [-0.3, -0.25) is 0 Å². The van der Waals surface area contributed by atoms with E-state index in [1.807, 2.05) is 0 Å². The molecule has 0 atom stereocenters. The summed E-state index contributed by atoms with van der Waals surface area (Å²) in [7, 11) is 0. The number of rotatable bonds is 3. The van der Waals surface area contributed by atoms with E-state index in [-0.39, 0.29) is 12.1 Å². The van der Waals surface area contributed by atoms with Crippen LogP contribution in [0.5, 0.6) is 0 Å². The van der Waals surface area contributed by atoms with Crippen LogP contribution in [0.2, 0.25) is 0 Å². The molecule has 2 rings (SSSR count). The van der Waals surface area contributed by atoms with Gasteiger partial charge < -0.3 is 5.32 Å². The Hall–Kier alpha value is -2.18. The van der Waals surface area contributed by atoms with E-state index in [0.717, 1.165) is 12.1 Å². The molecule has 0 heterocycles. The Bertz CT molecular complexity index is 650. The highest BCUT2D eigenvalue weighted by atomic mass is 19.4. The first-order valence-electron chi connectivity index (χ1n) is 5.82. The van der Waals surface area contributed by atoms with Gasteiger partial charge in [-0.15, -0.1) is 0 Å². The fourth-order valence-electron chi connectivity index (χ4n) is 1.69. The molecule has 21 heavy (non-hydrogen) atoms. The zero-order valence-electron chi connectivity index (χ0n) is 10.4. The zero-order chi connectivity index (χ0) is 15.6. The maximum atomic E-state index is 13.4. The SMILES string of the molecule is Fc1ccc(CNc2cc(C(F)(F)F)ccc2F)c(F)c1. The largest absolute Gasteiger partial charge is 0.416 e. The van der Waals surface area contributed by atoms with E-state index in [9.17, 15) is 26.3 Å². The van der Waals surface area contributed by atoms with Crippen LogP contribution in [0.1, 0.15) is 11.1 Å². The molecule has 2 aromatic carbocycles. The summed E-state index contributed by atoms with van der Waals surface area (Å²) in [6.45, 7) is -0.273. The summed E-state index contributed by atoms with van der Waals surface area (Å²) in [5.74, 6) is -2.54. The lowest BCUT2D eigenvalue weighted by Crippen LogP contribution is -2.08. The van der Waals surface area contributed by atoms with Gasteiger partial charge in [-0.25, -0.2) is 13.2 Å². The van der Waals surface area contributed by atoms with E-state index in [1.165, 1.54) is 0 Å². The lowest BCUT2D eigenvalue weighted by Gasteiger charge is -2.12. The molecule has 1 N–H and O–H groups in total. The van der Waals surface area contributed by atoms with Gasteiger partial charge >= 0.3 is 6.18 Å². The molecule has 0 saturated heterocycles. The summed E-state index contributed by atoms with van der Waals surface area (Å²) in [5, 5.41) is 2.36. The summed E-state index contributed by atoms with van der Waals surface area (Å²) < 4.78 is 77.1. The van der Waals surface area contributed by atoms with E-state index in [2.05, 4.69) is 5.32 Å². The van der Waals surface area contributed by atoms with Crippen molar-refractivity contribution in [3.8, 4) is 0 Å². The number of alkyl halides is 3. The molecule has 1 nitrogen and oxygen atoms in total. The summed E-state index contributed by atoms with van der Waals surface area (Å²) in [4.78, 5) is 0. The number of benzene rings is 2. The van der Waals surface area contributed by atoms with Crippen LogP contribution in [0, 0.1) is 17.5 Å². The minimum absolute atomic E-state index is 0.00760. The van der Waals surface area contributed by atoms with Gasteiger partial charge in [0.05, 0.1) is 11.3 Å². The maximum Gasteiger partial charge on any atom is 0.416 e. The molecule has 0 aliphatic heterocycles. The Morgan fingerprint density at radius 3 is 2.19 bits per heavy atom. The van der Waals surface area contributed by atoms with Gasteiger partial charge in [0.25, 0.3) is 0 Å². The minimum atomic E-state index is -4.61. The van der Waals surface area contributed by atoms with E-state index < -0.39 is 34.9 Å². The second-order valence-electron chi connectivity index (χ2n) is 4.28. The topological polar surface area (TPSA) is 12.0 Å². The van der Waals surface area contributed by atoms with Crippen molar-refractivity contribution < 1.29 is 26.3 Å². The Morgan fingerprint density at radius 1 is 0.857 bits per heavy atom. The molecular formula is C14H9F6N. The average molecular weight is 305 g/mol. The van der Waals surface area contributed by atoms with Crippen molar-refractivity contribution in [1.29, 1.82) is 0 Å². The van der Waals surface area contributed by atoms with Crippen LogP contribution < -0.4 is 5.32 Å². The van der Waals surface area contributed by atoms with Crippen LogP contribution in [-0.2, 0) is 12.7 Å². The van der Waals surface area contributed by atoms with Gasteiger partial charge in [0.2, 0.25) is 0 Å². The lowest BCUT2D eigenvalue weighted by atomic mass is 10.1. The summed E-state index contributed by atoms with van der Waals surface area (Å²) >= 11 is 0. The molecule has 0 aromatic heterocycles. The average Bonchev–Trinajstić information content (AvgIpc) is 2.38. The van der Waals surface area contributed by atoms with E-state index in [1.54, 1.807) is 0 Å². The number of nitrogens with one attached hydrogen (secondary N) is 1. The molecule has 112 valence electrons. The van der Waals surface area contributed by atoms with Crippen LogP contribution in [0.15, 0.2) is 36.4 Å². The predicted molar refractivity (Wildman–Crippen MR) is 65.1 cm³/mol. The van der Waals surface area contributed by atoms with Crippen LogP contribution in [0.4, 0.5) is 32.0 Å². The molecule has 0 fully saturated rings. The molecule has 7 heteroatoms. The third kappa shape index (κ3) is 3.68. The van der Waals surface area contributed by atoms with Crippen molar-refractivity contribution >= 4 is 5.69 Å². The first-order valence-corrected chi connectivity index (χ1v) is 5.82. The molecule has 0 unspecified atom stereocenters. The van der Waals surface area contributed by atoms with Gasteiger partial charge in [0.15, 0.2) is 0 Å². The van der Waals surface area contributed by atoms with E-state index in [0.29, 0.717) is 24.3 Å². The second-order valence-corrected chi connectivity index (χ2v) is 4.28. The Kier molecular flexibility index (Phi) is 4.11. The van der Waals surface area contributed by atoms with Crippen LogP contribution >= 0.6 is 0 Å². The zero-order valence-corrected chi connectivity index (χ0v) is 10.4. The highest BCUT2D eigenvalue weighted by Crippen LogP contribution is 2.32. The number of halogens is 6. The molecule has 0 aliphatic carbocycles. The molecule has 0 amide bonds. The summed E-state index contributed by atoms with van der Waals surface area (Å²) in [6, 6.07) is 4.65. The molecule has 2 aromatic rings. The predicted octanol–water partition coefficient (Wildman–Crippen LogP) is 4.73. The number of anilines is 1. The highest BCUT2D eigenvalue weighted by Gasteiger charge is 2.31. The first kappa shape index (κ1) is 15.2. The van der Waals surface area contributed by atoms with Gasteiger partial charge in [0, 0.05) is 18.2 Å². The molecule has 0 radical (unpaired) electrons. The maximum absolute atomic E-state index is 13.4. The van der Waals surface area contributed by atoms with Crippen molar-refractivity contribution in [3.05, 3.63) is 65.0 Å². The Morgan fingerprint density at radius 2 is 1.57 bits per heavy atom. The smallest absolute Gasteiger partial charge is 0.378 e. The fraction of sp³-hybridized carbons (Fsp3) is 0.143. The Balaban J connectivity index is 2.19. The lowest BCUT2D eigenvalue weighted by molar-refractivity contribution is -0.137. The monoisotopic (exact) mass is 305 g/mol. The molecule has 0 spiro atoms. The summed E-state index contributed by atoms with van der Waals surface area (Å²) in [6.07, 6.45) is -4.61. The summed E-state index contributed by atoms with van der Waals surface area (Å²) in [5.41, 5.74) is -1.42.